The molecule has 204 valence electrons. The van der Waals surface area contributed by atoms with Crippen LogP contribution in [-0.2, 0) is 11.4 Å². The number of methoxy groups -OCH3 is 2. The van der Waals surface area contributed by atoms with Crippen molar-refractivity contribution in [2.24, 2.45) is 0 Å². The summed E-state index contributed by atoms with van der Waals surface area (Å²) in [5, 5.41) is 22.0. The van der Waals surface area contributed by atoms with Gasteiger partial charge in [0.2, 0.25) is 11.5 Å². The Morgan fingerprint density at radius 3 is 2.21 bits per heavy atom. The molecule has 3 aromatic carbocycles. The van der Waals surface area contributed by atoms with Crippen LogP contribution in [0.3, 0.4) is 0 Å². The molecule has 2 atom stereocenters. The Hall–Kier alpha value is -4.54. The molecular formula is C29H28O10. The first-order chi connectivity index (χ1) is 18.8. The van der Waals surface area contributed by atoms with E-state index in [4.69, 9.17) is 28.1 Å². The van der Waals surface area contributed by atoms with Crippen LogP contribution in [0.4, 0.5) is 0 Å². The highest BCUT2D eigenvalue weighted by molar-refractivity contribution is 5.85. The third kappa shape index (κ3) is 6.31. The van der Waals surface area contributed by atoms with Crippen molar-refractivity contribution in [3.8, 4) is 28.7 Å². The van der Waals surface area contributed by atoms with Gasteiger partial charge in [-0.25, -0.2) is 4.79 Å². The van der Waals surface area contributed by atoms with Gasteiger partial charge in [0.1, 0.15) is 12.7 Å². The highest BCUT2D eigenvalue weighted by Gasteiger charge is 2.28. The van der Waals surface area contributed by atoms with Gasteiger partial charge in [-0.15, -0.1) is 0 Å². The average molecular weight is 537 g/mol. The molecule has 0 fully saturated rings. The summed E-state index contributed by atoms with van der Waals surface area (Å²) in [6, 6.07) is 18.4. The molecule has 0 unspecified atom stereocenters. The van der Waals surface area contributed by atoms with Crippen molar-refractivity contribution in [3.05, 3.63) is 88.3 Å². The van der Waals surface area contributed by atoms with Crippen LogP contribution in [-0.4, -0.2) is 43.1 Å². The van der Waals surface area contributed by atoms with Gasteiger partial charge in [-0.1, -0.05) is 30.3 Å². The molecule has 0 spiro atoms. The fourth-order valence-corrected chi connectivity index (χ4v) is 3.94. The predicted octanol–water partition coefficient (Wildman–Crippen LogP) is 3.79. The van der Waals surface area contributed by atoms with E-state index in [1.807, 2.05) is 30.3 Å². The summed E-state index contributed by atoms with van der Waals surface area (Å²) in [4.78, 5) is 23.6. The number of carbonyl (C=O) groups is 1. The SMILES string of the molecule is COc1cc([C@@H](O)[C@H](CO)Oc2ccc3ccc(=O)oc3c2OCc2ccccc2)cc(OC)c1OC(C)=O. The van der Waals surface area contributed by atoms with Crippen LogP contribution in [0.15, 0.2) is 75.9 Å². The fraction of sp³-hybridized carbons (Fsp3) is 0.241. The Bertz CT molecular complexity index is 1470. The van der Waals surface area contributed by atoms with Crippen molar-refractivity contribution in [2.75, 3.05) is 20.8 Å². The second-order valence-corrected chi connectivity index (χ2v) is 8.47. The number of carbonyl (C=O) groups excluding carboxylic acids is 1. The van der Waals surface area contributed by atoms with E-state index in [0.29, 0.717) is 5.39 Å². The number of hydrogen-bond donors (Lipinski definition) is 2. The fourth-order valence-electron chi connectivity index (χ4n) is 3.94. The topological polar surface area (TPSA) is 134 Å². The largest absolute Gasteiger partial charge is 0.493 e. The molecule has 0 aliphatic rings. The van der Waals surface area contributed by atoms with E-state index in [-0.39, 0.29) is 46.5 Å². The highest BCUT2D eigenvalue weighted by atomic mass is 16.6. The molecule has 0 saturated heterocycles. The van der Waals surface area contributed by atoms with Gasteiger partial charge < -0.3 is 38.3 Å². The lowest BCUT2D eigenvalue weighted by Gasteiger charge is -2.25. The number of benzene rings is 3. The Kier molecular flexibility index (Phi) is 8.70. The van der Waals surface area contributed by atoms with E-state index < -0.39 is 30.4 Å². The van der Waals surface area contributed by atoms with E-state index >= 15 is 0 Å². The summed E-state index contributed by atoms with van der Waals surface area (Å²) < 4.78 is 33.4. The number of fused-ring (bicyclic) bond motifs is 1. The van der Waals surface area contributed by atoms with Gasteiger partial charge in [0.25, 0.3) is 0 Å². The zero-order valence-electron chi connectivity index (χ0n) is 21.6. The van der Waals surface area contributed by atoms with Crippen LogP contribution in [0.2, 0.25) is 0 Å². The maximum atomic E-state index is 12.0. The van der Waals surface area contributed by atoms with Gasteiger partial charge in [-0.3, -0.25) is 4.79 Å². The molecule has 0 aliphatic carbocycles. The van der Waals surface area contributed by atoms with Gasteiger partial charge in [-0.05, 0) is 41.5 Å². The van der Waals surface area contributed by atoms with E-state index in [2.05, 4.69) is 0 Å². The lowest BCUT2D eigenvalue weighted by Crippen LogP contribution is -2.29. The molecule has 0 bridgehead atoms. The standard InChI is InChI=1S/C29H28O10/c1-17(31)37-28-22(34-2)13-20(14-23(28)35-3)26(33)24(15-30)38-21-11-9-19-10-12-25(32)39-27(19)29(21)36-16-18-7-5-4-6-8-18/h4-14,24,26,30,33H,15-16H2,1-3H3/t24-,26+/m0/s1. The third-order valence-corrected chi connectivity index (χ3v) is 5.81. The normalized spacial score (nSPS) is 12.4. The van der Waals surface area contributed by atoms with Crippen molar-refractivity contribution in [2.45, 2.75) is 25.7 Å². The minimum atomic E-state index is -1.38. The third-order valence-electron chi connectivity index (χ3n) is 5.81. The van der Waals surface area contributed by atoms with Crippen LogP contribution in [0.25, 0.3) is 11.0 Å². The maximum Gasteiger partial charge on any atom is 0.336 e. The molecule has 1 aromatic heterocycles. The van der Waals surface area contributed by atoms with E-state index in [1.54, 1.807) is 18.2 Å². The number of ether oxygens (including phenoxy) is 5. The lowest BCUT2D eigenvalue weighted by atomic mass is 10.0. The summed E-state index contributed by atoms with van der Waals surface area (Å²) in [7, 11) is 2.74. The molecule has 39 heavy (non-hydrogen) atoms. The molecule has 1 heterocycles. The van der Waals surface area contributed by atoms with Gasteiger partial charge in [0.15, 0.2) is 28.9 Å². The van der Waals surface area contributed by atoms with Crippen molar-refractivity contribution in [1.82, 2.24) is 0 Å². The highest BCUT2D eigenvalue weighted by Crippen LogP contribution is 2.42. The lowest BCUT2D eigenvalue weighted by molar-refractivity contribution is -0.132. The minimum absolute atomic E-state index is 0.0473. The van der Waals surface area contributed by atoms with Crippen molar-refractivity contribution < 1.29 is 43.1 Å². The van der Waals surface area contributed by atoms with Gasteiger partial charge in [0, 0.05) is 18.4 Å². The molecule has 2 N–H and O–H groups in total. The van der Waals surface area contributed by atoms with Crippen molar-refractivity contribution in [1.29, 1.82) is 0 Å². The first kappa shape index (κ1) is 27.5. The van der Waals surface area contributed by atoms with Crippen LogP contribution in [0.1, 0.15) is 24.2 Å². The monoisotopic (exact) mass is 536 g/mol. The molecule has 10 heteroatoms. The van der Waals surface area contributed by atoms with E-state index in [9.17, 15) is 19.8 Å². The molecule has 0 saturated carbocycles. The van der Waals surface area contributed by atoms with Gasteiger partial charge in [-0.2, -0.15) is 0 Å². The maximum absolute atomic E-state index is 12.0. The van der Waals surface area contributed by atoms with Gasteiger partial charge in [0.05, 0.1) is 20.8 Å². The molecule has 0 radical (unpaired) electrons. The summed E-state index contributed by atoms with van der Waals surface area (Å²) in [5.74, 6) is 0.0132. The zero-order valence-corrected chi connectivity index (χ0v) is 21.6. The van der Waals surface area contributed by atoms with Gasteiger partial charge >= 0.3 is 11.6 Å². The van der Waals surface area contributed by atoms with Crippen molar-refractivity contribution >= 4 is 16.9 Å². The molecule has 0 aliphatic heterocycles. The molecule has 10 nitrogen and oxygen atoms in total. The average Bonchev–Trinajstić information content (AvgIpc) is 2.94. The van der Waals surface area contributed by atoms with Crippen molar-refractivity contribution in [3.63, 3.8) is 0 Å². The second-order valence-electron chi connectivity index (χ2n) is 8.47. The minimum Gasteiger partial charge on any atom is -0.493 e. The second kappa shape index (κ2) is 12.3. The van der Waals surface area contributed by atoms with E-state index in [1.165, 1.54) is 39.3 Å². The van der Waals surface area contributed by atoms with Crippen LogP contribution in [0.5, 0.6) is 28.7 Å². The summed E-state index contributed by atoms with van der Waals surface area (Å²) >= 11 is 0. The summed E-state index contributed by atoms with van der Waals surface area (Å²) in [5.41, 5.74) is 0.716. The number of esters is 1. The van der Waals surface area contributed by atoms with Crippen LogP contribution in [0, 0.1) is 0 Å². The predicted molar refractivity (Wildman–Crippen MR) is 141 cm³/mol. The molecule has 4 aromatic rings. The first-order valence-corrected chi connectivity index (χ1v) is 12.0. The Morgan fingerprint density at radius 1 is 0.923 bits per heavy atom. The first-order valence-electron chi connectivity index (χ1n) is 12.0. The quantitative estimate of drug-likeness (QED) is 0.166. The molecule has 0 amide bonds. The molecule has 4 rings (SSSR count). The number of rotatable bonds is 11. The summed E-state index contributed by atoms with van der Waals surface area (Å²) in [6.45, 7) is 0.792. The van der Waals surface area contributed by atoms with Crippen LogP contribution >= 0.6 is 0 Å². The number of aliphatic hydroxyl groups is 2. The number of hydrogen-bond acceptors (Lipinski definition) is 10. The zero-order chi connectivity index (χ0) is 27.9. The Labute approximate surface area is 223 Å². The molecular weight excluding hydrogens is 508 g/mol. The number of aliphatic hydroxyl groups excluding tert-OH is 2. The Balaban J connectivity index is 1.70. The smallest absolute Gasteiger partial charge is 0.336 e. The Morgan fingerprint density at radius 2 is 1.59 bits per heavy atom. The van der Waals surface area contributed by atoms with E-state index in [0.717, 1.165) is 5.56 Å². The summed E-state index contributed by atoms with van der Waals surface area (Å²) in [6.07, 6.45) is -2.57. The van der Waals surface area contributed by atoms with Crippen LogP contribution < -0.4 is 29.3 Å².